The number of aromatic nitrogens is 3. The summed E-state index contributed by atoms with van der Waals surface area (Å²) >= 11 is 6.02. The average Bonchev–Trinajstić information content (AvgIpc) is 2.65. The Labute approximate surface area is 93.0 Å². The van der Waals surface area contributed by atoms with Gasteiger partial charge in [0.15, 0.2) is 0 Å². The number of rotatable bonds is 0. The summed E-state index contributed by atoms with van der Waals surface area (Å²) < 4.78 is 0. The predicted octanol–water partition coefficient (Wildman–Crippen LogP) is 1.35. The van der Waals surface area contributed by atoms with Crippen molar-refractivity contribution in [2.24, 2.45) is 0 Å². The van der Waals surface area contributed by atoms with E-state index in [0.29, 0.717) is 21.3 Å². The predicted molar refractivity (Wildman–Crippen MR) is 62.1 cm³/mol. The minimum absolute atomic E-state index is 0.242. The Bertz CT molecular complexity index is 812. The zero-order valence-corrected chi connectivity index (χ0v) is 8.68. The summed E-state index contributed by atoms with van der Waals surface area (Å²) in [6, 6.07) is 5.19. The molecule has 3 rings (SSSR count). The highest BCUT2D eigenvalue weighted by Gasteiger charge is 2.12. The van der Waals surface area contributed by atoms with E-state index in [0.717, 1.165) is 0 Å². The lowest BCUT2D eigenvalue weighted by atomic mass is 10.2. The van der Waals surface area contributed by atoms with Gasteiger partial charge in [-0.25, -0.2) is 0 Å². The zero-order valence-electron chi connectivity index (χ0n) is 7.93. The molecule has 3 aromatic rings. The van der Waals surface area contributed by atoms with Gasteiger partial charge in [-0.3, -0.25) is 19.8 Å². The van der Waals surface area contributed by atoms with Crippen molar-refractivity contribution in [2.45, 2.75) is 0 Å². The Morgan fingerprint density at radius 3 is 2.56 bits per heavy atom. The van der Waals surface area contributed by atoms with Gasteiger partial charge in [-0.05, 0) is 12.1 Å². The van der Waals surface area contributed by atoms with E-state index in [1.165, 1.54) is 0 Å². The third-order valence-corrected chi connectivity index (χ3v) is 2.83. The Hall–Kier alpha value is -2.01. The van der Waals surface area contributed by atoms with E-state index in [9.17, 15) is 9.59 Å². The maximum Gasteiger partial charge on any atom is 0.286 e. The van der Waals surface area contributed by atoms with Gasteiger partial charge in [-0.2, -0.15) is 0 Å². The molecule has 0 aliphatic rings. The van der Waals surface area contributed by atoms with E-state index in [-0.39, 0.29) is 16.6 Å². The second-order valence-electron chi connectivity index (χ2n) is 3.45. The van der Waals surface area contributed by atoms with Crippen LogP contribution in [-0.4, -0.2) is 15.2 Å². The number of hydrogen-bond acceptors (Lipinski definition) is 2. The molecule has 2 heterocycles. The molecule has 5 nitrogen and oxygen atoms in total. The normalized spacial score (nSPS) is 11.3. The van der Waals surface area contributed by atoms with Crippen LogP contribution in [0.15, 0.2) is 27.8 Å². The zero-order chi connectivity index (χ0) is 11.3. The maximum absolute atomic E-state index is 11.7. The maximum atomic E-state index is 11.7. The van der Waals surface area contributed by atoms with Crippen molar-refractivity contribution in [3.63, 3.8) is 0 Å². The van der Waals surface area contributed by atoms with E-state index in [4.69, 9.17) is 11.6 Å². The van der Waals surface area contributed by atoms with Crippen molar-refractivity contribution in [3.05, 3.63) is 43.9 Å². The molecule has 1 aromatic carbocycles. The summed E-state index contributed by atoms with van der Waals surface area (Å²) in [5.41, 5.74) is 0.173. The van der Waals surface area contributed by atoms with Crippen molar-refractivity contribution in [3.8, 4) is 0 Å². The first-order valence-electron chi connectivity index (χ1n) is 4.59. The molecule has 0 saturated carbocycles. The van der Waals surface area contributed by atoms with Gasteiger partial charge in [-0.1, -0.05) is 17.7 Å². The summed E-state index contributed by atoms with van der Waals surface area (Å²) in [5.74, 6) is 0. The van der Waals surface area contributed by atoms with Crippen molar-refractivity contribution in [2.75, 3.05) is 0 Å². The van der Waals surface area contributed by atoms with Crippen LogP contribution in [0.3, 0.4) is 0 Å². The van der Waals surface area contributed by atoms with Crippen LogP contribution in [0.4, 0.5) is 0 Å². The summed E-state index contributed by atoms with van der Waals surface area (Å²) in [4.78, 5) is 26.0. The molecular formula is C10H6ClN3O2. The number of halogens is 1. The molecule has 0 fully saturated rings. The van der Waals surface area contributed by atoms with Crippen LogP contribution in [0, 0.1) is 0 Å². The summed E-state index contributed by atoms with van der Waals surface area (Å²) in [6.45, 7) is 0. The first-order chi connectivity index (χ1) is 7.68. The van der Waals surface area contributed by atoms with Gasteiger partial charge < -0.3 is 4.98 Å². The highest BCUT2D eigenvalue weighted by molar-refractivity contribution is 6.37. The van der Waals surface area contributed by atoms with Crippen molar-refractivity contribution >= 4 is 33.4 Å². The quantitative estimate of drug-likeness (QED) is 0.550. The Balaban J connectivity index is 2.80. The second kappa shape index (κ2) is 2.99. The first-order valence-corrected chi connectivity index (χ1v) is 4.97. The molecule has 0 spiro atoms. The fourth-order valence-corrected chi connectivity index (χ4v) is 2.11. The molecule has 0 saturated heterocycles. The molecular weight excluding hydrogens is 230 g/mol. The van der Waals surface area contributed by atoms with Crippen LogP contribution >= 0.6 is 11.6 Å². The van der Waals surface area contributed by atoms with Crippen LogP contribution in [0.5, 0.6) is 0 Å². The Morgan fingerprint density at radius 2 is 1.75 bits per heavy atom. The minimum Gasteiger partial charge on any atom is -0.350 e. The van der Waals surface area contributed by atoms with Crippen molar-refractivity contribution in [1.29, 1.82) is 0 Å². The molecule has 0 radical (unpaired) electrons. The van der Waals surface area contributed by atoms with E-state index in [1.807, 2.05) is 0 Å². The fraction of sp³-hybridized carbons (Fsp3) is 0. The van der Waals surface area contributed by atoms with Crippen LogP contribution in [0.2, 0.25) is 5.02 Å². The lowest BCUT2D eigenvalue weighted by molar-refractivity contribution is 0.974. The van der Waals surface area contributed by atoms with Crippen LogP contribution in [0.25, 0.3) is 21.8 Å². The Morgan fingerprint density at radius 1 is 1.00 bits per heavy atom. The summed E-state index contributed by atoms with van der Waals surface area (Å²) in [7, 11) is 0. The van der Waals surface area contributed by atoms with Gasteiger partial charge in [0, 0.05) is 10.9 Å². The number of H-pyrrole nitrogens is 3. The number of nitrogens with one attached hydrogen (secondary N) is 3. The molecule has 80 valence electrons. The van der Waals surface area contributed by atoms with Crippen LogP contribution in [-0.2, 0) is 0 Å². The molecule has 16 heavy (non-hydrogen) atoms. The molecule has 0 atom stereocenters. The van der Waals surface area contributed by atoms with E-state index >= 15 is 0 Å². The third-order valence-electron chi connectivity index (χ3n) is 2.52. The largest absolute Gasteiger partial charge is 0.350 e. The molecule has 0 aliphatic heterocycles. The SMILES string of the molecule is O=c1[nH][nH]c(=O)c2c1[nH]c1cccc(Cl)c12. The Kier molecular flexibility index (Phi) is 1.73. The number of benzene rings is 1. The lowest BCUT2D eigenvalue weighted by Crippen LogP contribution is -2.18. The minimum atomic E-state index is -0.373. The molecule has 3 N–H and O–H groups in total. The molecule has 6 heteroatoms. The van der Waals surface area contributed by atoms with Gasteiger partial charge in [0.2, 0.25) is 0 Å². The van der Waals surface area contributed by atoms with Gasteiger partial charge >= 0.3 is 0 Å². The highest BCUT2D eigenvalue weighted by Crippen LogP contribution is 2.27. The topological polar surface area (TPSA) is 81.5 Å². The van der Waals surface area contributed by atoms with Crippen molar-refractivity contribution in [1.82, 2.24) is 15.2 Å². The first kappa shape index (κ1) is 9.23. The molecule has 2 aromatic heterocycles. The smallest absolute Gasteiger partial charge is 0.286 e. The van der Waals surface area contributed by atoms with Crippen LogP contribution in [0.1, 0.15) is 0 Å². The molecule has 0 amide bonds. The van der Waals surface area contributed by atoms with E-state index in [1.54, 1.807) is 18.2 Å². The lowest BCUT2D eigenvalue weighted by Gasteiger charge is -1.92. The fourth-order valence-electron chi connectivity index (χ4n) is 1.84. The monoisotopic (exact) mass is 235 g/mol. The highest BCUT2D eigenvalue weighted by atomic mass is 35.5. The van der Waals surface area contributed by atoms with Gasteiger partial charge in [0.05, 0.1) is 10.4 Å². The molecule has 0 bridgehead atoms. The number of fused-ring (bicyclic) bond motifs is 3. The van der Waals surface area contributed by atoms with Gasteiger partial charge in [0.25, 0.3) is 11.1 Å². The second-order valence-corrected chi connectivity index (χ2v) is 3.85. The van der Waals surface area contributed by atoms with E-state index in [2.05, 4.69) is 15.2 Å². The standard InChI is InChI=1S/C10H6ClN3O2/c11-4-2-1-3-5-6(4)7-8(12-5)10(16)14-13-9(7)15/h1-3,12H,(H,13,15)(H,14,16). The average molecular weight is 236 g/mol. The molecule has 0 unspecified atom stereocenters. The van der Waals surface area contributed by atoms with Gasteiger partial charge in [0.1, 0.15) is 5.52 Å². The van der Waals surface area contributed by atoms with Gasteiger partial charge in [-0.15, -0.1) is 0 Å². The molecule has 0 aliphatic carbocycles. The number of aromatic amines is 3. The van der Waals surface area contributed by atoms with E-state index < -0.39 is 0 Å². The van der Waals surface area contributed by atoms with Crippen molar-refractivity contribution < 1.29 is 0 Å². The summed E-state index contributed by atoms with van der Waals surface area (Å²) in [6.07, 6.45) is 0. The van der Waals surface area contributed by atoms with Crippen LogP contribution < -0.4 is 11.1 Å². The number of hydrogen-bond donors (Lipinski definition) is 3. The summed E-state index contributed by atoms with van der Waals surface area (Å²) in [5, 5.41) is 5.85. The third kappa shape index (κ3) is 1.06.